The van der Waals surface area contributed by atoms with Crippen molar-refractivity contribution < 1.29 is 14.7 Å². The van der Waals surface area contributed by atoms with Crippen molar-refractivity contribution in [3.8, 4) is 11.1 Å². The molecule has 0 radical (unpaired) electrons. The highest BCUT2D eigenvalue weighted by molar-refractivity contribution is 5.94. The van der Waals surface area contributed by atoms with E-state index in [2.05, 4.69) is 81.5 Å². The molecule has 5 nitrogen and oxygen atoms in total. The number of carboxylic acids is 1. The largest absolute Gasteiger partial charge is 0.480 e. The smallest absolute Gasteiger partial charge is 0.320 e. The third kappa shape index (κ3) is 7.03. The van der Waals surface area contributed by atoms with E-state index in [1.54, 1.807) is 24.3 Å². The molecule has 2 atom stereocenters. The van der Waals surface area contributed by atoms with Gasteiger partial charge in [0.25, 0.3) is 5.91 Å². The first-order chi connectivity index (χ1) is 16.7. The summed E-state index contributed by atoms with van der Waals surface area (Å²) in [5, 5.41) is 12.0. The van der Waals surface area contributed by atoms with E-state index in [4.69, 9.17) is 10.8 Å². The van der Waals surface area contributed by atoms with Gasteiger partial charge < -0.3 is 16.2 Å². The molecule has 3 rings (SSSR count). The molecule has 0 unspecified atom stereocenters. The highest BCUT2D eigenvalue weighted by Crippen LogP contribution is 2.28. The Hall–Kier alpha value is -3.44. The van der Waals surface area contributed by atoms with Crippen molar-refractivity contribution in [3.63, 3.8) is 0 Å². The first-order valence-corrected chi connectivity index (χ1v) is 12.2. The number of rotatable bonds is 10. The summed E-state index contributed by atoms with van der Waals surface area (Å²) in [6.07, 6.45) is 0.227. The molecule has 0 saturated heterocycles. The van der Waals surface area contributed by atoms with Gasteiger partial charge in [0.15, 0.2) is 0 Å². The lowest BCUT2D eigenvalue weighted by Crippen LogP contribution is -2.32. The fourth-order valence-corrected chi connectivity index (χ4v) is 4.16. The topological polar surface area (TPSA) is 92.4 Å². The van der Waals surface area contributed by atoms with Crippen LogP contribution in [0.2, 0.25) is 0 Å². The molecule has 35 heavy (non-hydrogen) atoms. The average molecular weight is 473 g/mol. The second-order valence-corrected chi connectivity index (χ2v) is 9.81. The summed E-state index contributed by atoms with van der Waals surface area (Å²) >= 11 is 0. The van der Waals surface area contributed by atoms with Crippen LogP contribution in [0.3, 0.4) is 0 Å². The summed E-state index contributed by atoms with van der Waals surface area (Å²) in [5.74, 6) is -0.132. The quantitative estimate of drug-likeness (QED) is 0.358. The number of amides is 1. The predicted molar refractivity (Wildman–Crippen MR) is 142 cm³/mol. The van der Waals surface area contributed by atoms with Crippen molar-refractivity contribution in [2.75, 3.05) is 6.54 Å². The van der Waals surface area contributed by atoms with Gasteiger partial charge in [0.1, 0.15) is 6.04 Å². The summed E-state index contributed by atoms with van der Waals surface area (Å²) < 4.78 is 0. The molecule has 184 valence electrons. The van der Waals surface area contributed by atoms with Crippen LogP contribution in [0.15, 0.2) is 72.8 Å². The third-order valence-electron chi connectivity index (χ3n) is 6.53. The van der Waals surface area contributed by atoms with E-state index in [0.717, 1.165) is 5.56 Å². The van der Waals surface area contributed by atoms with E-state index in [0.29, 0.717) is 23.9 Å². The van der Waals surface area contributed by atoms with Crippen molar-refractivity contribution in [2.24, 2.45) is 11.7 Å². The van der Waals surface area contributed by atoms with E-state index >= 15 is 0 Å². The van der Waals surface area contributed by atoms with E-state index in [1.807, 2.05) is 0 Å². The van der Waals surface area contributed by atoms with Crippen LogP contribution in [0.1, 0.15) is 66.6 Å². The molecule has 5 heteroatoms. The molecule has 1 amide bonds. The number of nitrogens with one attached hydrogen (secondary N) is 1. The standard InChI is InChI=1S/C30H36N2O3/c1-19(2)22-9-11-23(12-10-22)24-13-15-25(16-14-24)27(20(3)4)18-32-29(33)26-7-5-21(6-8-26)17-28(31)30(34)35/h5-16,19-20,27-28H,17-18,31H2,1-4H3,(H,32,33)(H,34,35)/t27-,28+/m1/s1. The zero-order valence-corrected chi connectivity index (χ0v) is 21.0. The van der Waals surface area contributed by atoms with Crippen LogP contribution >= 0.6 is 0 Å². The van der Waals surface area contributed by atoms with Crippen molar-refractivity contribution in [2.45, 2.75) is 52.0 Å². The number of carbonyl (C=O) groups is 2. The monoisotopic (exact) mass is 472 g/mol. The first kappa shape index (κ1) is 26.2. The second-order valence-electron chi connectivity index (χ2n) is 9.81. The summed E-state index contributed by atoms with van der Waals surface area (Å²) in [5.41, 5.74) is 11.8. The van der Waals surface area contributed by atoms with Gasteiger partial charge in [-0.2, -0.15) is 0 Å². The maximum Gasteiger partial charge on any atom is 0.320 e. The van der Waals surface area contributed by atoms with Gasteiger partial charge in [0, 0.05) is 18.0 Å². The summed E-state index contributed by atoms with van der Waals surface area (Å²) in [6, 6.07) is 23.3. The molecule has 3 aromatic rings. The fraction of sp³-hybridized carbons (Fsp3) is 0.333. The van der Waals surface area contributed by atoms with Gasteiger partial charge in [0.05, 0.1) is 0 Å². The number of aliphatic carboxylic acids is 1. The SMILES string of the molecule is CC(C)c1ccc(-c2ccc([C@H](CNC(=O)c3ccc(C[C@H](N)C(=O)O)cc3)C(C)C)cc2)cc1. The maximum atomic E-state index is 12.7. The minimum atomic E-state index is -1.04. The second kappa shape index (κ2) is 11.8. The Balaban J connectivity index is 1.63. The molecule has 0 aliphatic rings. The van der Waals surface area contributed by atoms with Gasteiger partial charge in [-0.3, -0.25) is 9.59 Å². The van der Waals surface area contributed by atoms with Crippen LogP contribution in [-0.4, -0.2) is 29.6 Å². The number of nitrogens with two attached hydrogens (primary N) is 1. The van der Waals surface area contributed by atoms with Crippen LogP contribution in [0, 0.1) is 5.92 Å². The zero-order chi connectivity index (χ0) is 25.5. The highest BCUT2D eigenvalue weighted by atomic mass is 16.4. The van der Waals surface area contributed by atoms with Crippen molar-refractivity contribution in [1.29, 1.82) is 0 Å². The number of benzene rings is 3. The molecule has 0 aliphatic carbocycles. The molecule has 0 bridgehead atoms. The van der Waals surface area contributed by atoms with Gasteiger partial charge in [-0.15, -0.1) is 0 Å². The normalized spacial score (nSPS) is 13.0. The molecule has 0 saturated carbocycles. The lowest BCUT2D eigenvalue weighted by atomic mass is 9.87. The Kier molecular flexibility index (Phi) is 8.83. The van der Waals surface area contributed by atoms with Crippen LogP contribution in [0.5, 0.6) is 0 Å². The third-order valence-corrected chi connectivity index (χ3v) is 6.53. The molecular formula is C30H36N2O3. The number of hydrogen-bond acceptors (Lipinski definition) is 3. The van der Waals surface area contributed by atoms with Crippen molar-refractivity contribution in [3.05, 3.63) is 95.1 Å². The van der Waals surface area contributed by atoms with E-state index < -0.39 is 12.0 Å². The minimum absolute atomic E-state index is 0.147. The van der Waals surface area contributed by atoms with E-state index in [1.165, 1.54) is 22.3 Å². The predicted octanol–water partition coefficient (Wildman–Crippen LogP) is 5.60. The van der Waals surface area contributed by atoms with Gasteiger partial charge >= 0.3 is 5.97 Å². The van der Waals surface area contributed by atoms with Crippen LogP contribution < -0.4 is 11.1 Å². The lowest BCUT2D eigenvalue weighted by Gasteiger charge is -2.22. The number of hydrogen-bond donors (Lipinski definition) is 3. The first-order valence-electron chi connectivity index (χ1n) is 12.2. The Morgan fingerprint density at radius 3 is 1.77 bits per heavy atom. The van der Waals surface area contributed by atoms with Crippen LogP contribution in [-0.2, 0) is 11.2 Å². The molecule has 0 fully saturated rings. The van der Waals surface area contributed by atoms with Crippen molar-refractivity contribution >= 4 is 11.9 Å². The average Bonchev–Trinajstić information content (AvgIpc) is 2.84. The van der Waals surface area contributed by atoms with E-state index in [9.17, 15) is 9.59 Å². The Morgan fingerprint density at radius 1 is 0.800 bits per heavy atom. The maximum absolute atomic E-state index is 12.7. The van der Waals surface area contributed by atoms with Crippen LogP contribution in [0.4, 0.5) is 0 Å². The highest BCUT2D eigenvalue weighted by Gasteiger charge is 2.18. The van der Waals surface area contributed by atoms with Crippen LogP contribution in [0.25, 0.3) is 11.1 Å². The van der Waals surface area contributed by atoms with Gasteiger partial charge in [-0.05, 0) is 58.2 Å². The Labute approximate surface area is 208 Å². The van der Waals surface area contributed by atoms with Gasteiger partial charge in [0.2, 0.25) is 0 Å². The lowest BCUT2D eigenvalue weighted by molar-refractivity contribution is -0.138. The summed E-state index contributed by atoms with van der Waals surface area (Å²) in [4.78, 5) is 23.7. The zero-order valence-electron chi connectivity index (χ0n) is 21.0. The number of carboxylic acid groups (broad SMARTS) is 1. The van der Waals surface area contributed by atoms with Gasteiger partial charge in [-0.1, -0.05) is 88.4 Å². The van der Waals surface area contributed by atoms with Crippen molar-refractivity contribution in [1.82, 2.24) is 5.32 Å². The Bertz CT molecular complexity index is 1120. The number of carbonyl (C=O) groups excluding carboxylic acids is 1. The van der Waals surface area contributed by atoms with E-state index in [-0.39, 0.29) is 18.2 Å². The summed E-state index contributed by atoms with van der Waals surface area (Å²) in [6.45, 7) is 9.25. The molecular weight excluding hydrogens is 436 g/mol. The Morgan fingerprint density at radius 2 is 1.31 bits per heavy atom. The fourth-order valence-electron chi connectivity index (χ4n) is 4.16. The van der Waals surface area contributed by atoms with Gasteiger partial charge in [-0.25, -0.2) is 0 Å². The molecule has 0 heterocycles. The molecule has 0 aromatic heterocycles. The minimum Gasteiger partial charge on any atom is -0.480 e. The molecule has 0 aliphatic heterocycles. The molecule has 3 aromatic carbocycles. The molecule has 0 spiro atoms. The summed E-state index contributed by atoms with van der Waals surface area (Å²) in [7, 11) is 0. The molecule has 4 N–H and O–H groups in total.